The van der Waals surface area contributed by atoms with Gasteiger partial charge in [-0.1, -0.05) is 31.4 Å². The molecule has 0 unspecified atom stereocenters. The second-order valence-electron chi connectivity index (χ2n) is 3.36. The largest absolute Gasteiger partial charge is 0.405 e. The normalized spacial score (nSPS) is 23.6. The maximum atomic E-state index is 5.39. The summed E-state index contributed by atoms with van der Waals surface area (Å²) in [5.74, 6) is 0. The third-order valence-electron chi connectivity index (χ3n) is 2.62. The molecule has 62 valence electrons. The van der Waals surface area contributed by atoms with E-state index in [1.807, 2.05) is 0 Å². The Labute approximate surface area is 69.0 Å². The second kappa shape index (κ2) is 3.61. The molecule has 0 saturated heterocycles. The summed E-state index contributed by atoms with van der Waals surface area (Å²) in [4.78, 5) is 0. The highest BCUT2D eigenvalue weighted by atomic mass is 14.5. The van der Waals surface area contributed by atoms with Crippen LogP contribution in [0.5, 0.6) is 0 Å². The summed E-state index contributed by atoms with van der Waals surface area (Å²) in [7, 11) is 0. The van der Waals surface area contributed by atoms with Crippen LogP contribution in [0.25, 0.3) is 0 Å². The van der Waals surface area contributed by atoms with Gasteiger partial charge < -0.3 is 5.73 Å². The lowest BCUT2D eigenvalue weighted by atomic mass is 9.74. The molecule has 0 aliphatic heterocycles. The molecule has 1 aliphatic carbocycles. The molecule has 0 spiro atoms. The number of nitrogens with two attached hydrogens (primary N) is 1. The molecule has 0 bridgehead atoms. The molecule has 1 saturated carbocycles. The lowest BCUT2D eigenvalue weighted by molar-refractivity contribution is 0.326. The van der Waals surface area contributed by atoms with Crippen LogP contribution in [0.4, 0.5) is 0 Å². The molecule has 0 atom stereocenters. The van der Waals surface area contributed by atoms with Crippen LogP contribution in [0.2, 0.25) is 0 Å². The lowest BCUT2D eigenvalue weighted by Crippen LogP contribution is -2.18. The van der Waals surface area contributed by atoms with Gasteiger partial charge in [0.1, 0.15) is 0 Å². The summed E-state index contributed by atoms with van der Waals surface area (Å²) < 4.78 is 0. The van der Waals surface area contributed by atoms with Gasteiger partial charge in [-0.25, -0.2) is 0 Å². The average molecular weight is 151 g/mol. The Balaban J connectivity index is 2.64. The highest BCUT2D eigenvalue weighted by molar-refractivity contribution is 5.09. The molecule has 0 aromatic heterocycles. The van der Waals surface area contributed by atoms with Gasteiger partial charge in [0.25, 0.3) is 0 Å². The van der Waals surface area contributed by atoms with Gasteiger partial charge in [0.15, 0.2) is 0 Å². The van der Waals surface area contributed by atoms with Gasteiger partial charge in [0.05, 0.1) is 0 Å². The quantitative estimate of drug-likeness (QED) is 0.603. The van der Waals surface area contributed by atoms with Crippen LogP contribution in [-0.4, -0.2) is 0 Å². The highest BCUT2D eigenvalue weighted by Gasteiger charge is 2.25. The Hall–Kier alpha value is -0.720. The topological polar surface area (TPSA) is 26.0 Å². The minimum absolute atomic E-state index is 0.229. The number of hydrogen-bond acceptors (Lipinski definition) is 1. The van der Waals surface area contributed by atoms with E-state index in [4.69, 9.17) is 5.73 Å². The second-order valence-corrected chi connectivity index (χ2v) is 3.36. The molecule has 1 aliphatic rings. The van der Waals surface area contributed by atoms with Crippen molar-refractivity contribution in [2.75, 3.05) is 0 Å². The van der Waals surface area contributed by atoms with Crippen molar-refractivity contribution < 1.29 is 0 Å². The fourth-order valence-electron chi connectivity index (χ4n) is 1.84. The predicted octanol–water partition coefficient (Wildman–Crippen LogP) is 2.60. The smallest absolute Gasteiger partial charge is 0.00754 e. The minimum atomic E-state index is 0.229. The van der Waals surface area contributed by atoms with Gasteiger partial charge in [-0.05, 0) is 19.0 Å². The van der Waals surface area contributed by atoms with Crippen LogP contribution in [0, 0.1) is 5.41 Å². The van der Waals surface area contributed by atoms with Gasteiger partial charge in [0.2, 0.25) is 0 Å². The number of allylic oxidation sites excluding steroid dienone is 2. The van der Waals surface area contributed by atoms with Crippen molar-refractivity contribution in [1.29, 1.82) is 0 Å². The Bertz CT molecular complexity index is 152. The van der Waals surface area contributed by atoms with E-state index < -0.39 is 0 Å². The van der Waals surface area contributed by atoms with Crippen LogP contribution < -0.4 is 5.73 Å². The molecular weight excluding hydrogens is 134 g/mol. The monoisotopic (exact) mass is 151 g/mol. The van der Waals surface area contributed by atoms with Gasteiger partial charge >= 0.3 is 0 Å². The van der Waals surface area contributed by atoms with E-state index in [0.717, 1.165) is 0 Å². The molecule has 2 N–H and O–H groups in total. The average Bonchev–Trinajstić information content (AvgIpc) is 2.07. The van der Waals surface area contributed by atoms with Crippen LogP contribution in [-0.2, 0) is 0 Å². The third kappa shape index (κ3) is 1.86. The van der Waals surface area contributed by atoms with Gasteiger partial charge in [-0.15, -0.1) is 6.58 Å². The van der Waals surface area contributed by atoms with E-state index in [1.165, 1.54) is 32.1 Å². The van der Waals surface area contributed by atoms with Crippen molar-refractivity contribution in [3.63, 3.8) is 0 Å². The van der Waals surface area contributed by atoms with Crippen molar-refractivity contribution >= 4 is 0 Å². The first-order chi connectivity index (χ1) is 5.33. The van der Waals surface area contributed by atoms with Crippen LogP contribution in [0.15, 0.2) is 24.9 Å². The van der Waals surface area contributed by atoms with Crippen LogP contribution in [0.1, 0.15) is 32.1 Å². The lowest BCUT2D eigenvalue weighted by Gasteiger charge is -2.30. The molecule has 1 fully saturated rings. The van der Waals surface area contributed by atoms with E-state index in [-0.39, 0.29) is 5.41 Å². The zero-order valence-electron chi connectivity index (χ0n) is 7.05. The maximum absolute atomic E-state index is 5.39. The highest BCUT2D eigenvalue weighted by Crippen LogP contribution is 2.38. The first kappa shape index (κ1) is 8.38. The molecule has 1 rings (SSSR count). The van der Waals surface area contributed by atoms with E-state index >= 15 is 0 Å². The van der Waals surface area contributed by atoms with Gasteiger partial charge in [-0.3, -0.25) is 0 Å². The molecule has 0 radical (unpaired) electrons. The van der Waals surface area contributed by atoms with Crippen LogP contribution in [0.3, 0.4) is 0 Å². The number of rotatable bonds is 2. The van der Waals surface area contributed by atoms with Crippen molar-refractivity contribution in [2.45, 2.75) is 32.1 Å². The predicted molar refractivity (Wildman–Crippen MR) is 49.0 cm³/mol. The standard InChI is InChI=1S/C10H17N/c1-2-10(8-9-11)6-4-3-5-7-10/h2,8-9H,1,3-7,11H2/b9-8-. The summed E-state index contributed by atoms with van der Waals surface area (Å²) in [6.45, 7) is 3.87. The molecule has 1 heteroatoms. The third-order valence-corrected chi connectivity index (χ3v) is 2.62. The molecule has 1 nitrogen and oxygen atoms in total. The zero-order valence-corrected chi connectivity index (χ0v) is 7.05. The summed E-state index contributed by atoms with van der Waals surface area (Å²) in [5, 5.41) is 0. The SMILES string of the molecule is C=CC1(/C=C\N)CCCCC1. The van der Waals surface area contributed by atoms with Crippen molar-refractivity contribution in [1.82, 2.24) is 0 Å². The van der Waals surface area contributed by atoms with Crippen molar-refractivity contribution in [3.05, 3.63) is 24.9 Å². The molecule has 0 heterocycles. The first-order valence-corrected chi connectivity index (χ1v) is 4.36. The summed E-state index contributed by atoms with van der Waals surface area (Å²) in [6.07, 6.45) is 12.3. The molecule has 0 aromatic carbocycles. The van der Waals surface area contributed by atoms with E-state index in [0.29, 0.717) is 0 Å². The maximum Gasteiger partial charge on any atom is 0.00754 e. The molecular formula is C10H17N. The van der Waals surface area contributed by atoms with Crippen LogP contribution >= 0.6 is 0 Å². The summed E-state index contributed by atoms with van der Waals surface area (Å²) in [6, 6.07) is 0. The summed E-state index contributed by atoms with van der Waals surface area (Å²) >= 11 is 0. The molecule has 0 amide bonds. The Morgan fingerprint density at radius 1 is 1.18 bits per heavy atom. The van der Waals surface area contributed by atoms with E-state index in [9.17, 15) is 0 Å². The fraction of sp³-hybridized carbons (Fsp3) is 0.600. The Morgan fingerprint density at radius 2 is 1.82 bits per heavy atom. The Kier molecular flexibility index (Phi) is 2.75. The molecule has 11 heavy (non-hydrogen) atoms. The minimum Gasteiger partial charge on any atom is -0.405 e. The zero-order chi connectivity index (χ0) is 8.16. The van der Waals surface area contributed by atoms with E-state index in [1.54, 1.807) is 6.20 Å². The van der Waals surface area contributed by atoms with E-state index in [2.05, 4.69) is 18.7 Å². The Morgan fingerprint density at radius 3 is 2.27 bits per heavy atom. The van der Waals surface area contributed by atoms with Crippen molar-refractivity contribution in [3.8, 4) is 0 Å². The first-order valence-electron chi connectivity index (χ1n) is 4.36. The summed E-state index contributed by atoms with van der Waals surface area (Å²) in [5.41, 5.74) is 5.62. The van der Waals surface area contributed by atoms with Gasteiger partial charge in [-0.2, -0.15) is 0 Å². The number of hydrogen-bond donors (Lipinski definition) is 1. The fourth-order valence-corrected chi connectivity index (χ4v) is 1.84. The molecule has 0 aromatic rings. The van der Waals surface area contributed by atoms with Gasteiger partial charge in [0, 0.05) is 5.41 Å². The van der Waals surface area contributed by atoms with Crippen molar-refractivity contribution in [2.24, 2.45) is 11.1 Å².